The van der Waals surface area contributed by atoms with Crippen LogP contribution in [-0.2, 0) is 76.4 Å². The molecular weight excluding hydrogens is 1500 g/mol. The first kappa shape index (κ1) is 96.1. The van der Waals surface area contributed by atoms with Gasteiger partial charge in [0, 0.05) is 19.6 Å². The SMILES string of the molecule is C.CC(C)(C)OC(=O)C[C@@H](CO)C(=O)O.C[C@H](N)C(=O)N1CCC[C@@H](C(=O)OCC(Cl)(Cl)Cl)N1.C[C@H](NC(=O)OC(C)(C)C)C(=O)N1CCC[C@@H](C(=O)OCC(Cl)(Cl)Cl)N1.C[C@H](NC(=O)[C@H](CO)CC(=O)OC(C)(C)C)C(=O)N1CCC[C@@H](C(=O)OCC(Cl)(Cl)Cl)N1.ClCCl. The molecule has 10 N–H and O–H groups in total. The van der Waals surface area contributed by atoms with E-state index in [-0.39, 0.29) is 44.7 Å². The number of aliphatic carboxylic acids is 1. The molecule has 0 aliphatic carbocycles. The van der Waals surface area contributed by atoms with E-state index in [4.69, 9.17) is 172 Å². The van der Waals surface area contributed by atoms with Gasteiger partial charge in [0.2, 0.25) is 17.3 Å². The van der Waals surface area contributed by atoms with Crippen LogP contribution in [0.5, 0.6) is 0 Å². The summed E-state index contributed by atoms with van der Waals surface area (Å²) in [6.45, 7) is 18.7. The fourth-order valence-electron chi connectivity index (χ4n) is 7.40. The molecule has 3 aliphatic heterocycles. The molecular formula is C55H92Cl11N9O20. The fraction of sp³-hybridized carbons (Fsp3) is 0.800. The maximum absolute atomic E-state index is 12.7. The average Bonchev–Trinajstić information content (AvgIpc) is 0.881. The molecule has 5 amide bonds. The molecule has 0 bridgehead atoms. The molecule has 0 saturated carbocycles. The Morgan fingerprint density at radius 3 is 1.05 bits per heavy atom. The van der Waals surface area contributed by atoms with Crippen LogP contribution in [0.2, 0.25) is 0 Å². The Kier molecular flexibility index (Phi) is 46.2. The number of aliphatic hydroxyl groups is 2. The van der Waals surface area contributed by atoms with Crippen LogP contribution in [0.1, 0.15) is 142 Å². The van der Waals surface area contributed by atoms with Crippen LogP contribution < -0.4 is 32.6 Å². The fourth-order valence-corrected chi connectivity index (χ4v) is 7.89. The standard InChI is InChI=1S/C19H30Cl3N3O7.C15H24Cl3N3O5.C10H16Cl3N3O3.C9H16O5.CH2Cl2.CH4/c1-11(23-15(28)12(9-26)8-14(27)32-18(2,3)4)16(29)25-7-5-6-13(24-25)17(30)31-10-19(20,21)22;1-9(19-13(24)26-14(2,3)4)11(22)21-7-5-6-10(20-21)12(23)25-8-15(16,17)18;1-6(14)8(17)16-4-2-3-7(15-16)9(18)19-5-10(11,12)13;1-9(2,3)14-7(11)4-6(5-10)8(12)13;2-1-3;/h11-13,24,26H,5-10H2,1-4H3,(H,23,28);9-10,20H,5-8H2,1-4H3,(H,19,24);6-7,15H,2-5,14H2,1H3;6,10H,4-5H2,1-3H3,(H,12,13);1H2;1H4/t11-,12-,13-;9-,10-;6-,7-;6-;;/m0000../s1. The van der Waals surface area contributed by atoms with Crippen molar-refractivity contribution in [3.63, 3.8) is 0 Å². The monoisotopic (exact) mass is 1580 g/mol. The van der Waals surface area contributed by atoms with Gasteiger partial charge in [0.1, 0.15) is 66.8 Å². The summed E-state index contributed by atoms with van der Waals surface area (Å²) in [4.78, 5) is 131. The number of esters is 5. The van der Waals surface area contributed by atoms with Crippen LogP contribution in [-0.4, -0.2) is 218 Å². The topological polar surface area (TPSA) is 400 Å². The Morgan fingerprint density at radius 2 is 0.789 bits per heavy atom. The van der Waals surface area contributed by atoms with E-state index in [1.54, 1.807) is 69.2 Å². The molecule has 8 atom stereocenters. The molecule has 0 aromatic rings. The number of carbonyl (C=O) groups excluding carboxylic acids is 10. The van der Waals surface area contributed by atoms with Gasteiger partial charge < -0.3 is 60.1 Å². The van der Waals surface area contributed by atoms with Crippen molar-refractivity contribution >= 4 is 193 Å². The van der Waals surface area contributed by atoms with Crippen molar-refractivity contribution in [2.75, 3.05) is 58.0 Å². The molecule has 3 rings (SSSR count). The molecule has 3 aliphatic rings. The number of nitrogens with two attached hydrogens (primary N) is 1. The molecule has 0 radical (unpaired) electrons. The maximum Gasteiger partial charge on any atom is 0.408 e. The summed E-state index contributed by atoms with van der Waals surface area (Å²) in [5, 5.41) is 35.6. The van der Waals surface area contributed by atoms with Crippen molar-refractivity contribution in [3.8, 4) is 0 Å². The smallest absolute Gasteiger partial charge is 0.408 e. The summed E-state index contributed by atoms with van der Waals surface area (Å²) in [7, 11) is 0. The minimum atomic E-state index is -1.75. The van der Waals surface area contributed by atoms with E-state index in [1.165, 1.54) is 28.9 Å². The Labute approximate surface area is 609 Å². The highest BCUT2D eigenvalue weighted by Gasteiger charge is 2.37. The van der Waals surface area contributed by atoms with Gasteiger partial charge in [-0.15, -0.1) is 23.2 Å². The molecule has 554 valence electrons. The van der Waals surface area contributed by atoms with Crippen molar-refractivity contribution in [1.29, 1.82) is 0 Å². The molecule has 29 nitrogen and oxygen atoms in total. The number of ether oxygens (including phenoxy) is 6. The van der Waals surface area contributed by atoms with E-state index < -0.39 is 156 Å². The highest BCUT2D eigenvalue weighted by Crippen LogP contribution is 2.29. The van der Waals surface area contributed by atoms with Crippen molar-refractivity contribution in [1.82, 2.24) is 41.9 Å². The molecule has 0 aromatic carbocycles. The van der Waals surface area contributed by atoms with Crippen molar-refractivity contribution in [3.05, 3.63) is 0 Å². The third-order valence-electron chi connectivity index (χ3n) is 11.4. The van der Waals surface area contributed by atoms with Crippen LogP contribution in [0.4, 0.5) is 4.79 Å². The highest BCUT2D eigenvalue weighted by atomic mass is 35.6. The van der Waals surface area contributed by atoms with Gasteiger partial charge in [0.15, 0.2) is 0 Å². The molecule has 95 heavy (non-hydrogen) atoms. The van der Waals surface area contributed by atoms with Crippen LogP contribution in [0, 0.1) is 11.8 Å². The number of amides is 5. The molecule has 3 saturated heterocycles. The zero-order valence-electron chi connectivity index (χ0n) is 54.0. The lowest BCUT2D eigenvalue weighted by molar-refractivity contribution is -0.160. The zero-order chi connectivity index (χ0) is 73.5. The Balaban J connectivity index is -0.00000121. The lowest BCUT2D eigenvalue weighted by Gasteiger charge is -2.34. The molecule has 3 fully saturated rings. The number of hydrogen-bond acceptors (Lipinski definition) is 23. The highest BCUT2D eigenvalue weighted by molar-refractivity contribution is 6.68. The van der Waals surface area contributed by atoms with Crippen LogP contribution in [0.25, 0.3) is 0 Å². The summed E-state index contributed by atoms with van der Waals surface area (Å²) in [5.41, 5.74) is 11.8. The van der Waals surface area contributed by atoms with Gasteiger partial charge in [-0.25, -0.2) is 21.1 Å². The van der Waals surface area contributed by atoms with Gasteiger partial charge in [-0.1, -0.05) is 112 Å². The summed E-state index contributed by atoms with van der Waals surface area (Å²) in [6, 6.07) is -4.66. The number of carboxylic acids is 1. The number of carbonyl (C=O) groups is 11. The van der Waals surface area contributed by atoms with Crippen molar-refractivity contribution in [2.45, 2.75) is 206 Å². The van der Waals surface area contributed by atoms with Crippen molar-refractivity contribution < 1.29 is 96.5 Å². The molecule has 0 spiro atoms. The second kappa shape index (κ2) is 45.6. The predicted molar refractivity (Wildman–Crippen MR) is 360 cm³/mol. The Bertz CT molecular complexity index is 2450. The first-order chi connectivity index (χ1) is 42.8. The van der Waals surface area contributed by atoms with E-state index >= 15 is 0 Å². The van der Waals surface area contributed by atoms with Gasteiger partial charge in [-0.3, -0.25) is 63.0 Å². The van der Waals surface area contributed by atoms with Crippen LogP contribution in [0.15, 0.2) is 0 Å². The average molecular weight is 1590 g/mol. The van der Waals surface area contributed by atoms with Crippen molar-refractivity contribution in [2.24, 2.45) is 17.6 Å². The summed E-state index contributed by atoms with van der Waals surface area (Å²) < 4.78 is 24.8. The van der Waals surface area contributed by atoms with Crippen LogP contribution in [0.3, 0.4) is 0 Å². The number of hydrazine groups is 3. The number of alkyl carbamates (subject to hydrolysis) is 1. The second-order valence-corrected chi connectivity index (χ2v) is 32.1. The Morgan fingerprint density at radius 1 is 0.505 bits per heavy atom. The van der Waals surface area contributed by atoms with E-state index in [0.29, 0.717) is 58.2 Å². The summed E-state index contributed by atoms with van der Waals surface area (Å²) >= 11 is 59.3. The number of hydrogen-bond donors (Lipinski definition) is 9. The molecule has 3 heterocycles. The summed E-state index contributed by atoms with van der Waals surface area (Å²) in [5.74, 6) is -8.33. The largest absolute Gasteiger partial charge is 0.481 e. The summed E-state index contributed by atoms with van der Waals surface area (Å²) in [6.07, 6.45) is 1.83. The van der Waals surface area contributed by atoms with Gasteiger partial charge in [-0.05, 0) is 122 Å². The third kappa shape index (κ3) is 46.8. The molecule has 0 aromatic heterocycles. The number of nitrogens with zero attached hydrogens (tertiary/aromatic N) is 3. The lowest BCUT2D eigenvalue weighted by Crippen LogP contribution is -2.59. The zero-order valence-corrected chi connectivity index (χ0v) is 62.3. The van der Waals surface area contributed by atoms with E-state index in [0.717, 1.165) is 0 Å². The Hall–Kier alpha value is -3.08. The molecule has 0 unspecified atom stereocenters. The first-order valence-corrected chi connectivity index (χ1v) is 33.2. The number of nitrogens with one attached hydrogen (secondary N) is 5. The maximum atomic E-state index is 12.7. The lowest BCUT2D eigenvalue weighted by atomic mass is 10.0. The quantitative estimate of drug-likeness (QED) is 0.0366. The minimum absolute atomic E-state index is 0. The number of rotatable bonds is 19. The van der Waals surface area contributed by atoms with Gasteiger partial charge >= 0.3 is 41.9 Å². The normalized spacial score (nSPS) is 18.3. The minimum Gasteiger partial charge on any atom is -0.481 e. The predicted octanol–water partition coefficient (Wildman–Crippen LogP) is 6.76. The first-order valence-electron chi connectivity index (χ1n) is 28.8. The number of halogens is 11. The van der Waals surface area contributed by atoms with Crippen LogP contribution >= 0.6 is 128 Å². The molecule has 40 heteroatoms. The number of carboxylic acid groups (broad SMARTS) is 1. The number of aliphatic hydroxyl groups excluding tert-OH is 2. The van der Waals surface area contributed by atoms with Gasteiger partial charge in [0.25, 0.3) is 17.7 Å². The van der Waals surface area contributed by atoms with E-state index in [9.17, 15) is 57.8 Å². The van der Waals surface area contributed by atoms with Gasteiger partial charge in [-0.2, -0.15) is 0 Å². The van der Waals surface area contributed by atoms with E-state index in [1.807, 2.05) is 0 Å². The van der Waals surface area contributed by atoms with Gasteiger partial charge in [0.05, 0.1) is 49.3 Å². The second-order valence-electron chi connectivity index (χ2n) is 23.8. The number of alkyl halides is 11. The third-order valence-corrected chi connectivity index (χ3v) is 12.4. The van der Waals surface area contributed by atoms with E-state index in [2.05, 4.69) is 26.9 Å².